The largest absolute Gasteiger partial charge is 0.478 e. The van der Waals surface area contributed by atoms with Crippen LogP contribution in [-0.4, -0.2) is 33.8 Å². The number of aromatic carboxylic acids is 1. The lowest BCUT2D eigenvalue weighted by Crippen LogP contribution is -2.23. The average molecular weight is 247 g/mol. The maximum atomic E-state index is 11.8. The fourth-order valence-electron chi connectivity index (χ4n) is 1.19. The third kappa shape index (κ3) is 2.10. The molecule has 1 aromatic heterocycles. The first kappa shape index (κ1) is 12.7. The Morgan fingerprint density at radius 3 is 2.44 bits per heavy atom. The third-order valence-corrected chi connectivity index (χ3v) is 4.22. The molecule has 7 heteroatoms. The average Bonchev–Trinajstić information content (AvgIpc) is 2.61. The summed E-state index contributed by atoms with van der Waals surface area (Å²) in [5, 5.41) is 17.0. The van der Waals surface area contributed by atoms with Crippen molar-refractivity contribution < 1.29 is 23.4 Å². The van der Waals surface area contributed by atoms with E-state index in [1.807, 2.05) is 0 Å². The highest BCUT2D eigenvalue weighted by molar-refractivity contribution is 7.90. The molecule has 0 unspecified atom stereocenters. The van der Waals surface area contributed by atoms with Crippen molar-refractivity contribution in [1.29, 1.82) is 0 Å². The molecule has 0 aliphatic carbocycles. The van der Waals surface area contributed by atoms with Crippen molar-refractivity contribution in [2.24, 2.45) is 0 Å². The van der Waals surface area contributed by atoms with Crippen LogP contribution in [0.3, 0.4) is 0 Å². The summed E-state index contributed by atoms with van der Waals surface area (Å²) in [6.07, 6.45) is 1.00. The van der Waals surface area contributed by atoms with Crippen LogP contribution in [-0.2, 0) is 16.6 Å². The van der Waals surface area contributed by atoms with Gasteiger partial charge in [-0.1, -0.05) is 0 Å². The lowest BCUT2D eigenvalue weighted by molar-refractivity contribution is 0.0697. The normalized spacial score (nSPS) is 12.0. The molecule has 2 N–H and O–H groups in total. The Balaban J connectivity index is 3.39. The molecule has 0 amide bonds. The van der Waals surface area contributed by atoms with Gasteiger partial charge in [-0.2, -0.15) is 0 Å². The maximum Gasteiger partial charge on any atom is 0.337 e. The van der Waals surface area contributed by atoms with Gasteiger partial charge >= 0.3 is 5.97 Å². The van der Waals surface area contributed by atoms with Crippen LogP contribution in [0.25, 0.3) is 0 Å². The van der Waals surface area contributed by atoms with Crippen LogP contribution in [0.1, 0.15) is 29.9 Å². The summed E-state index contributed by atoms with van der Waals surface area (Å²) in [4.78, 5) is 10.7. The number of aliphatic hydroxyl groups is 1. The summed E-state index contributed by atoms with van der Waals surface area (Å²) >= 11 is 0. The van der Waals surface area contributed by atoms with Crippen LogP contribution in [0.5, 0.6) is 0 Å². The lowest BCUT2D eigenvalue weighted by Gasteiger charge is -2.11. The Hall–Kier alpha value is -1.34. The molecule has 0 aliphatic heterocycles. The fraction of sp³-hybridized carbons (Fsp3) is 0.444. The summed E-state index contributed by atoms with van der Waals surface area (Å²) in [5.41, 5.74) is -0.112. The molecule has 0 atom stereocenters. The van der Waals surface area contributed by atoms with Gasteiger partial charge in [-0.3, -0.25) is 0 Å². The standard InChI is InChI=1S/C9H13NO5S/c1-6(2)16(14,15)10-4-7(9(12)13)3-8(10)5-11/h3-4,6,11H,5H2,1-2H3,(H,12,13). The molecule has 1 heterocycles. The first-order valence-corrected chi connectivity index (χ1v) is 6.10. The molecule has 0 bridgehead atoms. The predicted molar refractivity (Wildman–Crippen MR) is 56.8 cm³/mol. The van der Waals surface area contributed by atoms with Gasteiger partial charge in [0.25, 0.3) is 0 Å². The highest BCUT2D eigenvalue weighted by Gasteiger charge is 2.23. The van der Waals surface area contributed by atoms with Crippen molar-refractivity contribution in [2.45, 2.75) is 25.7 Å². The Bertz CT molecular complexity index is 500. The Labute approximate surface area is 93.2 Å². The number of carboxylic acid groups (broad SMARTS) is 1. The number of carboxylic acids is 1. The summed E-state index contributed by atoms with van der Waals surface area (Å²) in [7, 11) is -3.64. The zero-order valence-electron chi connectivity index (χ0n) is 8.91. The third-order valence-electron chi connectivity index (χ3n) is 2.14. The van der Waals surface area contributed by atoms with Crippen LogP contribution in [0, 0.1) is 0 Å². The van der Waals surface area contributed by atoms with Gasteiger partial charge in [0.2, 0.25) is 10.0 Å². The molecule has 1 rings (SSSR count). The van der Waals surface area contributed by atoms with Crippen molar-refractivity contribution in [3.63, 3.8) is 0 Å². The quantitative estimate of drug-likeness (QED) is 0.795. The van der Waals surface area contributed by atoms with Gasteiger partial charge in [-0.05, 0) is 19.9 Å². The second kappa shape index (κ2) is 4.26. The Morgan fingerprint density at radius 2 is 2.06 bits per heavy atom. The first-order chi connectivity index (χ1) is 7.30. The van der Waals surface area contributed by atoms with Gasteiger partial charge < -0.3 is 10.2 Å². The van der Waals surface area contributed by atoms with E-state index in [0.717, 1.165) is 16.2 Å². The van der Waals surface area contributed by atoms with E-state index in [4.69, 9.17) is 10.2 Å². The lowest BCUT2D eigenvalue weighted by atomic mass is 10.3. The highest BCUT2D eigenvalue weighted by Crippen LogP contribution is 2.15. The van der Waals surface area contributed by atoms with E-state index >= 15 is 0 Å². The van der Waals surface area contributed by atoms with E-state index in [2.05, 4.69) is 0 Å². The molecule has 16 heavy (non-hydrogen) atoms. The number of aromatic nitrogens is 1. The molecule has 0 aliphatic rings. The molecule has 0 spiro atoms. The molecular weight excluding hydrogens is 234 g/mol. The Kier molecular flexibility index (Phi) is 3.39. The van der Waals surface area contributed by atoms with Gasteiger partial charge in [0, 0.05) is 6.20 Å². The minimum atomic E-state index is -3.64. The van der Waals surface area contributed by atoms with Crippen molar-refractivity contribution in [3.05, 3.63) is 23.5 Å². The van der Waals surface area contributed by atoms with Gasteiger partial charge in [-0.25, -0.2) is 17.2 Å². The van der Waals surface area contributed by atoms with E-state index < -0.39 is 27.8 Å². The summed E-state index contributed by atoms with van der Waals surface area (Å²) < 4.78 is 24.4. The van der Waals surface area contributed by atoms with Crippen molar-refractivity contribution in [3.8, 4) is 0 Å². The maximum absolute atomic E-state index is 11.8. The van der Waals surface area contributed by atoms with Gasteiger partial charge in [0.05, 0.1) is 23.1 Å². The molecule has 0 fully saturated rings. The molecule has 0 aromatic carbocycles. The van der Waals surface area contributed by atoms with Crippen LogP contribution < -0.4 is 0 Å². The first-order valence-electron chi connectivity index (χ1n) is 4.60. The highest BCUT2D eigenvalue weighted by atomic mass is 32.2. The molecule has 0 radical (unpaired) electrons. The number of nitrogens with zero attached hydrogens (tertiary/aromatic N) is 1. The number of rotatable bonds is 4. The van der Waals surface area contributed by atoms with Gasteiger partial charge in [0.15, 0.2) is 0 Å². The molecule has 1 aromatic rings. The van der Waals surface area contributed by atoms with E-state index in [1.54, 1.807) is 0 Å². The van der Waals surface area contributed by atoms with E-state index in [-0.39, 0.29) is 11.3 Å². The molecule has 0 saturated heterocycles. The molecule has 90 valence electrons. The number of hydrogen-bond acceptors (Lipinski definition) is 4. The number of carbonyl (C=O) groups is 1. The topological polar surface area (TPSA) is 96.6 Å². The predicted octanol–water partition coefficient (Wildman–Crippen LogP) is 0.265. The fourth-order valence-corrected chi connectivity index (χ4v) is 2.34. The second-order valence-corrected chi connectivity index (χ2v) is 5.94. The second-order valence-electron chi connectivity index (χ2n) is 3.57. The molecule has 0 saturated carbocycles. The molecular formula is C9H13NO5S. The van der Waals surface area contributed by atoms with Crippen molar-refractivity contribution in [1.82, 2.24) is 3.97 Å². The smallest absolute Gasteiger partial charge is 0.337 e. The summed E-state index contributed by atoms with van der Waals surface area (Å²) in [6, 6.07) is 1.14. The van der Waals surface area contributed by atoms with Gasteiger partial charge in [-0.15, -0.1) is 0 Å². The zero-order chi connectivity index (χ0) is 12.5. The minimum absolute atomic E-state index is 0.0473. The SMILES string of the molecule is CC(C)S(=O)(=O)n1cc(C(=O)O)cc1CO. The summed E-state index contributed by atoms with van der Waals surface area (Å²) in [5.74, 6) is -1.23. The zero-order valence-corrected chi connectivity index (χ0v) is 9.73. The number of hydrogen-bond donors (Lipinski definition) is 2. The minimum Gasteiger partial charge on any atom is -0.478 e. The van der Waals surface area contributed by atoms with E-state index in [0.29, 0.717) is 0 Å². The van der Waals surface area contributed by atoms with Crippen molar-refractivity contribution >= 4 is 16.0 Å². The Morgan fingerprint density at radius 1 is 1.50 bits per heavy atom. The number of aliphatic hydroxyl groups excluding tert-OH is 1. The van der Waals surface area contributed by atoms with Crippen LogP contribution >= 0.6 is 0 Å². The molecule has 6 nitrogen and oxygen atoms in total. The van der Waals surface area contributed by atoms with E-state index in [1.165, 1.54) is 13.8 Å². The van der Waals surface area contributed by atoms with E-state index in [9.17, 15) is 13.2 Å². The van der Waals surface area contributed by atoms with Gasteiger partial charge in [0.1, 0.15) is 0 Å². The summed E-state index contributed by atoms with van der Waals surface area (Å²) in [6.45, 7) is 2.44. The van der Waals surface area contributed by atoms with Crippen LogP contribution in [0.2, 0.25) is 0 Å². The van der Waals surface area contributed by atoms with Crippen molar-refractivity contribution in [2.75, 3.05) is 0 Å². The monoisotopic (exact) mass is 247 g/mol. The van der Waals surface area contributed by atoms with Crippen LogP contribution in [0.4, 0.5) is 0 Å². The van der Waals surface area contributed by atoms with Crippen LogP contribution in [0.15, 0.2) is 12.3 Å².